The summed E-state index contributed by atoms with van der Waals surface area (Å²) < 4.78 is 23.4. The van der Waals surface area contributed by atoms with E-state index in [0.29, 0.717) is 29.9 Å². The Morgan fingerprint density at radius 3 is 2.62 bits per heavy atom. The summed E-state index contributed by atoms with van der Waals surface area (Å²) in [5, 5.41) is 11.2. The van der Waals surface area contributed by atoms with Gasteiger partial charge in [0.05, 0.1) is 6.10 Å². The van der Waals surface area contributed by atoms with Crippen LogP contribution in [0.25, 0.3) is 11.0 Å². The molecule has 2 saturated heterocycles. The predicted octanol–water partition coefficient (Wildman–Crippen LogP) is 3.31. The molecule has 1 aromatic carbocycles. The van der Waals surface area contributed by atoms with Crippen molar-refractivity contribution >= 4 is 16.9 Å². The summed E-state index contributed by atoms with van der Waals surface area (Å²) >= 11 is 0. The van der Waals surface area contributed by atoms with Gasteiger partial charge in [0.15, 0.2) is 11.0 Å². The third-order valence-electron chi connectivity index (χ3n) is 6.54. The third kappa shape index (κ3) is 2.53. The number of phenols is 1. The molecule has 2 aromatic rings. The van der Waals surface area contributed by atoms with E-state index in [9.17, 15) is 14.7 Å². The summed E-state index contributed by atoms with van der Waals surface area (Å²) in [6.07, 6.45) is 1.21. The molecule has 7 nitrogen and oxygen atoms in total. The van der Waals surface area contributed by atoms with Crippen molar-refractivity contribution in [1.29, 1.82) is 0 Å². The maximum Gasteiger partial charge on any atom is 0.341 e. The van der Waals surface area contributed by atoms with Crippen molar-refractivity contribution in [1.82, 2.24) is 0 Å². The normalized spacial score (nSPS) is 32.6. The Morgan fingerprint density at radius 1 is 1.21 bits per heavy atom. The number of fused-ring (bicyclic) bond motifs is 4. The molecular formula is C22H24O7. The van der Waals surface area contributed by atoms with E-state index in [1.54, 1.807) is 13.0 Å². The molecule has 5 rings (SSSR count). The number of rotatable bonds is 0. The highest BCUT2D eigenvalue weighted by atomic mass is 16.7. The fourth-order valence-electron chi connectivity index (χ4n) is 5.01. The topological polar surface area (TPSA) is 98.5 Å². The Labute approximate surface area is 167 Å². The van der Waals surface area contributed by atoms with E-state index in [0.717, 1.165) is 6.42 Å². The Morgan fingerprint density at radius 2 is 1.93 bits per heavy atom. The van der Waals surface area contributed by atoms with Gasteiger partial charge in [-0.3, -0.25) is 4.79 Å². The first-order valence-corrected chi connectivity index (χ1v) is 10.0. The van der Waals surface area contributed by atoms with Crippen molar-refractivity contribution in [2.45, 2.75) is 76.3 Å². The lowest BCUT2D eigenvalue weighted by Crippen LogP contribution is -2.53. The molecule has 4 atom stereocenters. The molecule has 0 aliphatic carbocycles. The zero-order chi connectivity index (χ0) is 20.7. The molecule has 0 amide bonds. The van der Waals surface area contributed by atoms with Gasteiger partial charge in [0.2, 0.25) is 0 Å². The first-order chi connectivity index (χ1) is 13.6. The molecular weight excluding hydrogens is 376 g/mol. The maximum atomic E-state index is 12.9. The van der Waals surface area contributed by atoms with Crippen molar-refractivity contribution in [2.24, 2.45) is 0 Å². The second-order valence-electron chi connectivity index (χ2n) is 8.91. The molecule has 3 aliphatic heterocycles. The molecule has 29 heavy (non-hydrogen) atoms. The highest BCUT2D eigenvalue weighted by Gasteiger charge is 2.63. The van der Waals surface area contributed by atoms with E-state index >= 15 is 0 Å². The molecule has 4 heterocycles. The zero-order valence-electron chi connectivity index (χ0n) is 16.9. The highest BCUT2D eigenvalue weighted by molar-refractivity contribution is 5.88. The summed E-state index contributed by atoms with van der Waals surface area (Å²) in [6, 6.07) is 3.01. The highest BCUT2D eigenvalue weighted by Crippen LogP contribution is 2.53. The lowest BCUT2D eigenvalue weighted by Gasteiger charge is -2.45. The second-order valence-corrected chi connectivity index (χ2v) is 8.91. The first-order valence-electron chi connectivity index (χ1n) is 10.0. The quantitative estimate of drug-likeness (QED) is 0.535. The standard InChI is InChI=1S/C22H24O7/c1-10-8-13(23)17-14(26-10)9-15-16(18(17)24)12-6-5-7-22(11(2)28-22)20(25)27-19(12)21(3,4)29-15/h8-9,11-12,19,24H,5-7H2,1-4H3/t11-,12-,19-,22+/m1/s1. The van der Waals surface area contributed by atoms with Gasteiger partial charge in [0.25, 0.3) is 0 Å². The number of hydrogen-bond acceptors (Lipinski definition) is 7. The largest absolute Gasteiger partial charge is 0.507 e. The van der Waals surface area contributed by atoms with Crippen LogP contribution < -0.4 is 10.2 Å². The summed E-state index contributed by atoms with van der Waals surface area (Å²) in [7, 11) is 0. The molecule has 2 fully saturated rings. The van der Waals surface area contributed by atoms with Gasteiger partial charge in [-0.05, 0) is 47.0 Å². The van der Waals surface area contributed by atoms with E-state index < -0.39 is 17.3 Å². The SMILES string of the molecule is Cc1cc(=O)c2c(O)c3c(cc2o1)OC(C)(C)[C@@H]1OC(=O)[C@@]2(CCC[C@H]31)O[C@@H]2C. The second kappa shape index (κ2) is 5.75. The average molecular weight is 400 g/mol. The van der Waals surface area contributed by atoms with E-state index in [4.69, 9.17) is 18.6 Å². The van der Waals surface area contributed by atoms with Crippen LogP contribution in [0.15, 0.2) is 21.3 Å². The van der Waals surface area contributed by atoms with Gasteiger partial charge in [0.1, 0.15) is 39.9 Å². The van der Waals surface area contributed by atoms with E-state index in [1.165, 1.54) is 6.07 Å². The Kier molecular flexibility index (Phi) is 3.67. The number of aromatic hydroxyl groups is 1. The van der Waals surface area contributed by atoms with Crippen LogP contribution in [0.3, 0.4) is 0 Å². The van der Waals surface area contributed by atoms with Gasteiger partial charge in [-0.25, -0.2) is 4.79 Å². The van der Waals surface area contributed by atoms with Crippen LogP contribution in [0.2, 0.25) is 0 Å². The van der Waals surface area contributed by atoms with Gasteiger partial charge in [-0.15, -0.1) is 0 Å². The van der Waals surface area contributed by atoms with Crippen molar-refractivity contribution < 1.29 is 28.5 Å². The molecule has 154 valence electrons. The van der Waals surface area contributed by atoms with Gasteiger partial charge >= 0.3 is 5.97 Å². The summed E-state index contributed by atoms with van der Waals surface area (Å²) in [5.41, 5.74) is -1.21. The number of carbonyl (C=O) groups excluding carboxylic acids is 1. The fraction of sp³-hybridized carbons (Fsp3) is 0.545. The molecule has 1 spiro atoms. The predicted molar refractivity (Wildman–Crippen MR) is 103 cm³/mol. The zero-order valence-corrected chi connectivity index (χ0v) is 16.9. The lowest BCUT2D eigenvalue weighted by atomic mass is 9.76. The van der Waals surface area contributed by atoms with Crippen LogP contribution >= 0.6 is 0 Å². The molecule has 0 unspecified atom stereocenters. The van der Waals surface area contributed by atoms with Crippen molar-refractivity contribution in [3.63, 3.8) is 0 Å². The first kappa shape index (κ1) is 18.5. The number of ether oxygens (including phenoxy) is 3. The number of hydrogen-bond donors (Lipinski definition) is 1. The number of aryl methyl sites for hydroxylation is 1. The van der Waals surface area contributed by atoms with Crippen molar-refractivity contribution in [2.75, 3.05) is 0 Å². The molecule has 0 bridgehead atoms. The van der Waals surface area contributed by atoms with Gasteiger partial charge < -0.3 is 23.7 Å². The molecule has 0 radical (unpaired) electrons. The summed E-state index contributed by atoms with van der Waals surface area (Å²) in [4.78, 5) is 25.4. The summed E-state index contributed by atoms with van der Waals surface area (Å²) in [6.45, 7) is 7.28. The number of benzene rings is 1. The minimum absolute atomic E-state index is 0.125. The van der Waals surface area contributed by atoms with E-state index in [1.807, 2.05) is 20.8 Å². The molecule has 0 saturated carbocycles. The molecule has 3 aliphatic rings. The Hall–Kier alpha value is -2.54. The number of carbonyl (C=O) groups is 1. The Bertz CT molecular complexity index is 1100. The van der Waals surface area contributed by atoms with Gasteiger partial charge in [-0.1, -0.05) is 0 Å². The van der Waals surface area contributed by atoms with Gasteiger partial charge in [0, 0.05) is 23.6 Å². The van der Waals surface area contributed by atoms with Crippen LogP contribution in [0.4, 0.5) is 0 Å². The van der Waals surface area contributed by atoms with Crippen LogP contribution in [0.1, 0.15) is 57.3 Å². The third-order valence-corrected chi connectivity index (χ3v) is 6.54. The van der Waals surface area contributed by atoms with Crippen LogP contribution in [0.5, 0.6) is 11.5 Å². The smallest absolute Gasteiger partial charge is 0.341 e. The monoisotopic (exact) mass is 400 g/mol. The minimum Gasteiger partial charge on any atom is -0.507 e. The number of phenolic OH excluding ortho intramolecular Hbond substituents is 1. The van der Waals surface area contributed by atoms with Crippen LogP contribution in [-0.4, -0.2) is 34.5 Å². The Balaban J connectivity index is 1.67. The summed E-state index contributed by atoms with van der Waals surface area (Å²) in [5.74, 6) is 0.0829. The number of esters is 1. The van der Waals surface area contributed by atoms with Crippen LogP contribution in [-0.2, 0) is 14.3 Å². The molecule has 7 heteroatoms. The maximum absolute atomic E-state index is 12.9. The van der Waals surface area contributed by atoms with E-state index in [-0.39, 0.29) is 40.1 Å². The molecule has 1 N–H and O–H groups in total. The number of epoxide rings is 1. The van der Waals surface area contributed by atoms with E-state index in [2.05, 4.69) is 0 Å². The van der Waals surface area contributed by atoms with Crippen LogP contribution in [0, 0.1) is 6.92 Å². The average Bonchev–Trinajstić information content (AvgIpc) is 3.26. The van der Waals surface area contributed by atoms with Crippen molar-refractivity contribution in [3.8, 4) is 11.5 Å². The lowest BCUT2D eigenvalue weighted by molar-refractivity contribution is -0.173. The fourth-order valence-corrected chi connectivity index (χ4v) is 5.01. The van der Waals surface area contributed by atoms with Crippen molar-refractivity contribution in [3.05, 3.63) is 33.7 Å². The minimum atomic E-state index is -0.856. The molecule has 1 aromatic heterocycles. The van der Waals surface area contributed by atoms with Gasteiger partial charge in [-0.2, -0.15) is 0 Å².